The molecule has 0 aromatic heterocycles. The van der Waals surface area contributed by atoms with Crippen LogP contribution in [0.5, 0.6) is 0 Å². The monoisotopic (exact) mass is 376 g/mol. The average Bonchev–Trinajstić information content (AvgIpc) is 2.68. The van der Waals surface area contributed by atoms with Gasteiger partial charge in [0.1, 0.15) is 0 Å². The Bertz CT molecular complexity index is 1130. The van der Waals surface area contributed by atoms with E-state index in [4.69, 9.17) is 0 Å². The highest BCUT2D eigenvalue weighted by molar-refractivity contribution is 8.00. The maximum absolute atomic E-state index is 11.6. The van der Waals surface area contributed by atoms with E-state index < -0.39 is 9.85 Å². The number of benzene rings is 4. The number of nitro benzene ring substituents is 2. The van der Waals surface area contributed by atoms with Gasteiger partial charge in [0.2, 0.25) is 0 Å². The second-order valence-corrected chi connectivity index (χ2v) is 6.91. The quantitative estimate of drug-likeness (QED) is 0.324. The zero-order chi connectivity index (χ0) is 19.0. The third-order valence-electron chi connectivity index (χ3n) is 4.32. The first-order valence-corrected chi connectivity index (χ1v) is 8.88. The van der Waals surface area contributed by atoms with Gasteiger partial charge in [-0.2, -0.15) is 0 Å². The van der Waals surface area contributed by atoms with Crippen molar-refractivity contribution in [1.82, 2.24) is 0 Å². The Kier molecular flexibility index (Phi) is 4.21. The number of fused-ring (bicyclic) bond motifs is 2. The Hall–Kier alpha value is -3.45. The molecule has 0 N–H and O–H groups in total. The summed E-state index contributed by atoms with van der Waals surface area (Å²) >= 11 is 1.07. The van der Waals surface area contributed by atoms with Crippen LogP contribution in [0.4, 0.5) is 11.4 Å². The van der Waals surface area contributed by atoms with Crippen molar-refractivity contribution in [2.24, 2.45) is 0 Å². The van der Waals surface area contributed by atoms with Crippen molar-refractivity contribution in [1.29, 1.82) is 0 Å². The summed E-state index contributed by atoms with van der Waals surface area (Å²) in [5, 5.41) is 26.3. The van der Waals surface area contributed by atoms with Gasteiger partial charge >= 0.3 is 0 Å². The minimum Gasteiger partial charge on any atom is -0.258 e. The summed E-state index contributed by atoms with van der Waals surface area (Å²) in [5.41, 5.74) is -0.137. The summed E-state index contributed by atoms with van der Waals surface area (Å²) in [7, 11) is 0. The number of hydrogen-bond acceptors (Lipinski definition) is 5. The van der Waals surface area contributed by atoms with E-state index in [1.807, 2.05) is 24.3 Å². The van der Waals surface area contributed by atoms with Gasteiger partial charge in [0.05, 0.1) is 19.6 Å². The first kappa shape index (κ1) is 17.0. The van der Waals surface area contributed by atoms with Gasteiger partial charge in [-0.1, -0.05) is 60.3 Å². The van der Waals surface area contributed by atoms with E-state index >= 15 is 0 Å². The fourth-order valence-corrected chi connectivity index (χ4v) is 4.36. The van der Waals surface area contributed by atoms with Gasteiger partial charge in [-0.05, 0) is 22.9 Å². The molecule has 7 heteroatoms. The van der Waals surface area contributed by atoms with Crippen molar-refractivity contribution in [3.8, 4) is 0 Å². The third kappa shape index (κ3) is 2.98. The zero-order valence-corrected chi connectivity index (χ0v) is 14.7. The predicted molar refractivity (Wildman–Crippen MR) is 105 cm³/mol. The maximum Gasteiger partial charge on any atom is 0.283 e. The summed E-state index contributed by atoms with van der Waals surface area (Å²) in [5.74, 6) is 0. The molecule has 0 fully saturated rings. The smallest absolute Gasteiger partial charge is 0.258 e. The van der Waals surface area contributed by atoms with Gasteiger partial charge in [-0.3, -0.25) is 20.2 Å². The molecule has 0 heterocycles. The molecule has 0 unspecified atom stereocenters. The average molecular weight is 376 g/mol. The Morgan fingerprint density at radius 3 is 1.41 bits per heavy atom. The van der Waals surface area contributed by atoms with Gasteiger partial charge in [0.15, 0.2) is 0 Å². The standard InChI is InChI=1S/C20H12N2O4S/c23-21(24)17-11-9-13-5-1-3-7-15(13)19(17)27-20-16-8-4-2-6-14(16)10-12-18(20)22(25)26/h1-12H. The lowest BCUT2D eigenvalue weighted by Gasteiger charge is -2.10. The summed E-state index contributed by atoms with van der Waals surface area (Å²) in [6.45, 7) is 0. The summed E-state index contributed by atoms with van der Waals surface area (Å²) in [6.07, 6.45) is 0. The minimum absolute atomic E-state index is 0.0686. The van der Waals surface area contributed by atoms with Gasteiger partial charge in [-0.25, -0.2) is 0 Å². The van der Waals surface area contributed by atoms with Crippen LogP contribution in [0, 0.1) is 20.2 Å². The van der Waals surface area contributed by atoms with Crippen molar-refractivity contribution >= 4 is 44.7 Å². The van der Waals surface area contributed by atoms with E-state index in [2.05, 4.69) is 0 Å². The third-order valence-corrected chi connectivity index (χ3v) is 5.58. The van der Waals surface area contributed by atoms with Crippen LogP contribution in [0.3, 0.4) is 0 Å². The van der Waals surface area contributed by atoms with Crippen molar-refractivity contribution < 1.29 is 9.85 Å². The molecule has 27 heavy (non-hydrogen) atoms. The molecule has 0 aliphatic heterocycles. The molecule has 0 atom stereocenters. The molecular formula is C20H12N2O4S. The highest BCUT2D eigenvalue weighted by Crippen LogP contribution is 2.45. The van der Waals surface area contributed by atoms with Crippen LogP contribution in [0.25, 0.3) is 21.5 Å². The predicted octanol–water partition coefficient (Wildman–Crippen LogP) is 5.96. The molecule has 132 valence electrons. The van der Waals surface area contributed by atoms with E-state index in [0.717, 1.165) is 22.5 Å². The van der Waals surface area contributed by atoms with Crippen molar-refractivity contribution in [3.63, 3.8) is 0 Å². The van der Waals surface area contributed by atoms with E-state index in [-0.39, 0.29) is 11.4 Å². The van der Waals surface area contributed by atoms with E-state index in [1.165, 1.54) is 12.1 Å². The highest BCUT2D eigenvalue weighted by atomic mass is 32.2. The van der Waals surface area contributed by atoms with Crippen LogP contribution in [-0.4, -0.2) is 9.85 Å². The lowest BCUT2D eigenvalue weighted by Crippen LogP contribution is -1.95. The molecule has 4 aromatic rings. The minimum atomic E-state index is -0.453. The number of rotatable bonds is 4. The Balaban J connectivity index is 2.03. The zero-order valence-electron chi connectivity index (χ0n) is 13.9. The molecule has 0 spiro atoms. The topological polar surface area (TPSA) is 86.3 Å². The SMILES string of the molecule is O=[N+]([O-])c1ccc2ccccc2c1Sc1c([N+](=O)[O-])ccc2ccccc12. The molecule has 0 saturated carbocycles. The van der Waals surface area contributed by atoms with Crippen LogP contribution in [0.1, 0.15) is 0 Å². The lowest BCUT2D eigenvalue weighted by molar-refractivity contribution is -0.388. The van der Waals surface area contributed by atoms with Crippen LogP contribution in [0.2, 0.25) is 0 Å². The lowest BCUT2D eigenvalue weighted by atomic mass is 10.1. The first-order valence-electron chi connectivity index (χ1n) is 8.06. The van der Waals surface area contributed by atoms with Crippen LogP contribution < -0.4 is 0 Å². The number of nitrogens with zero attached hydrogens (tertiary/aromatic N) is 2. The van der Waals surface area contributed by atoms with Crippen molar-refractivity contribution in [3.05, 3.63) is 93.0 Å². The Morgan fingerprint density at radius 1 is 0.593 bits per heavy atom. The van der Waals surface area contributed by atoms with Crippen LogP contribution in [-0.2, 0) is 0 Å². The fraction of sp³-hybridized carbons (Fsp3) is 0. The molecular weight excluding hydrogens is 364 g/mol. The van der Waals surface area contributed by atoms with Crippen LogP contribution in [0.15, 0.2) is 82.6 Å². The number of hydrogen-bond donors (Lipinski definition) is 0. The molecule has 0 bridgehead atoms. The van der Waals surface area contributed by atoms with Gasteiger partial charge in [-0.15, -0.1) is 0 Å². The highest BCUT2D eigenvalue weighted by Gasteiger charge is 2.24. The fourth-order valence-electron chi connectivity index (χ4n) is 3.07. The maximum atomic E-state index is 11.6. The van der Waals surface area contributed by atoms with E-state index in [1.54, 1.807) is 36.4 Å². The molecule has 6 nitrogen and oxygen atoms in total. The summed E-state index contributed by atoms with van der Waals surface area (Å²) < 4.78 is 0. The van der Waals surface area contributed by atoms with Gasteiger partial charge in [0.25, 0.3) is 11.4 Å². The molecule has 0 aliphatic rings. The summed E-state index contributed by atoms with van der Waals surface area (Å²) in [6, 6.07) is 20.9. The molecule has 0 amide bonds. The normalized spacial score (nSPS) is 11.0. The second-order valence-electron chi connectivity index (χ2n) is 5.89. The molecule has 0 saturated heterocycles. The Morgan fingerprint density at radius 2 is 1.00 bits per heavy atom. The van der Waals surface area contributed by atoms with Crippen molar-refractivity contribution in [2.75, 3.05) is 0 Å². The van der Waals surface area contributed by atoms with Crippen LogP contribution >= 0.6 is 11.8 Å². The number of nitro groups is 2. The Labute approximate surface area is 157 Å². The van der Waals surface area contributed by atoms with Crippen molar-refractivity contribution in [2.45, 2.75) is 9.79 Å². The summed E-state index contributed by atoms with van der Waals surface area (Å²) in [4.78, 5) is 23.1. The molecule has 4 rings (SSSR count). The second kappa shape index (κ2) is 6.69. The van der Waals surface area contributed by atoms with Gasteiger partial charge < -0.3 is 0 Å². The largest absolute Gasteiger partial charge is 0.283 e. The van der Waals surface area contributed by atoms with Gasteiger partial charge in [0, 0.05) is 22.9 Å². The molecule has 0 aliphatic carbocycles. The molecule has 4 aromatic carbocycles. The molecule has 0 radical (unpaired) electrons. The van der Waals surface area contributed by atoms with E-state index in [9.17, 15) is 20.2 Å². The first-order chi connectivity index (χ1) is 13.1. The van der Waals surface area contributed by atoms with E-state index in [0.29, 0.717) is 20.6 Å².